The second-order valence-corrected chi connectivity index (χ2v) is 4.20. The van der Waals surface area contributed by atoms with Crippen LogP contribution < -0.4 is 5.73 Å². The minimum atomic E-state index is -1.21. The Morgan fingerprint density at radius 1 is 1.20 bits per heavy atom. The van der Waals surface area contributed by atoms with Crippen molar-refractivity contribution in [3.05, 3.63) is 10.1 Å². The number of hydrogen-bond donors (Lipinski definition) is 2. The molecular weight excluding hydrogens is 272 g/mol. The van der Waals surface area contributed by atoms with Crippen LogP contribution in [0.4, 0.5) is 0 Å². The Labute approximate surface area is 116 Å². The highest BCUT2D eigenvalue weighted by molar-refractivity contribution is 5.74. The molecule has 1 unspecified atom stereocenters. The molecule has 0 aliphatic carbocycles. The van der Waals surface area contributed by atoms with Gasteiger partial charge in [-0.3, -0.25) is 9.59 Å². The lowest BCUT2D eigenvalue weighted by atomic mass is 10.1. The molecule has 9 heteroatoms. The van der Waals surface area contributed by atoms with Crippen molar-refractivity contribution in [1.29, 1.82) is 0 Å². The summed E-state index contributed by atoms with van der Waals surface area (Å²) in [5, 5.41) is 17.5. The zero-order chi connectivity index (χ0) is 15.4. The van der Waals surface area contributed by atoms with Crippen LogP contribution >= 0.6 is 0 Å². The van der Waals surface area contributed by atoms with Gasteiger partial charge in [0.1, 0.15) is 12.6 Å². The normalized spacial score (nSPS) is 11.7. The lowest BCUT2D eigenvalue weighted by Crippen LogP contribution is -2.35. The molecule has 0 aromatic rings. The summed E-state index contributed by atoms with van der Waals surface area (Å²) in [6.07, 6.45) is 3.84. The average Bonchev–Trinajstić information content (AvgIpc) is 2.38. The molecule has 20 heavy (non-hydrogen) atoms. The first-order valence-corrected chi connectivity index (χ1v) is 6.34. The number of esters is 1. The Morgan fingerprint density at radius 3 is 2.40 bits per heavy atom. The second-order valence-electron chi connectivity index (χ2n) is 4.20. The maximum Gasteiger partial charge on any atom is 0.324 e. The first-order valence-electron chi connectivity index (χ1n) is 6.34. The van der Waals surface area contributed by atoms with Crippen LogP contribution in [0.2, 0.25) is 0 Å². The first-order chi connectivity index (χ1) is 9.43. The molecule has 0 amide bonds. The molecule has 1 atom stereocenters. The number of carbonyl (C=O) groups excluding carboxylic acids is 1. The van der Waals surface area contributed by atoms with E-state index in [2.05, 4.69) is 4.84 Å². The van der Waals surface area contributed by atoms with E-state index in [4.69, 9.17) is 15.6 Å². The van der Waals surface area contributed by atoms with Crippen LogP contribution in [0.3, 0.4) is 0 Å². The summed E-state index contributed by atoms with van der Waals surface area (Å²) < 4.78 is 4.70. The number of rotatable bonds is 12. The lowest BCUT2D eigenvalue weighted by molar-refractivity contribution is -0.757. The summed E-state index contributed by atoms with van der Waals surface area (Å²) in [5.41, 5.74) is 5.17. The fourth-order valence-corrected chi connectivity index (χ4v) is 1.37. The number of ether oxygens (including phenoxy) is 1. The van der Waals surface area contributed by atoms with Crippen molar-refractivity contribution in [1.82, 2.24) is 0 Å². The molecule has 0 heterocycles. The van der Waals surface area contributed by atoms with E-state index >= 15 is 0 Å². The zero-order valence-corrected chi connectivity index (χ0v) is 11.2. The van der Waals surface area contributed by atoms with E-state index in [-0.39, 0.29) is 19.6 Å². The van der Waals surface area contributed by atoms with Gasteiger partial charge in [0.05, 0.1) is 6.61 Å². The SMILES string of the molecule is NC(COC(=O)CCCCCCCO[N+](=O)[O-])C(=O)O. The Balaban J connectivity index is 3.35. The van der Waals surface area contributed by atoms with E-state index in [1.807, 2.05) is 0 Å². The standard InChI is InChI=1S/C11H20N2O7/c12-9(11(15)16)8-19-10(14)6-4-2-1-3-5-7-20-13(17)18/h9H,1-8,12H2,(H,15,16). The van der Waals surface area contributed by atoms with E-state index < -0.39 is 23.1 Å². The molecule has 0 saturated heterocycles. The van der Waals surface area contributed by atoms with Crippen LogP contribution in [0.25, 0.3) is 0 Å². The van der Waals surface area contributed by atoms with Crippen molar-refractivity contribution in [2.45, 2.75) is 44.6 Å². The minimum Gasteiger partial charge on any atom is -0.480 e. The fraction of sp³-hybridized carbons (Fsp3) is 0.818. The monoisotopic (exact) mass is 292 g/mol. The molecule has 0 bridgehead atoms. The molecule has 0 rings (SSSR count). The van der Waals surface area contributed by atoms with E-state index in [1.54, 1.807) is 0 Å². The van der Waals surface area contributed by atoms with Gasteiger partial charge in [0.15, 0.2) is 0 Å². The summed E-state index contributed by atoms with van der Waals surface area (Å²) in [7, 11) is 0. The van der Waals surface area contributed by atoms with Gasteiger partial charge in [0.25, 0.3) is 5.09 Å². The van der Waals surface area contributed by atoms with Gasteiger partial charge in [-0.1, -0.05) is 19.3 Å². The molecular formula is C11H20N2O7. The molecule has 0 aliphatic heterocycles. The van der Waals surface area contributed by atoms with Gasteiger partial charge in [-0.25, -0.2) is 0 Å². The smallest absolute Gasteiger partial charge is 0.324 e. The summed E-state index contributed by atoms with van der Waals surface area (Å²) in [6, 6.07) is -1.19. The van der Waals surface area contributed by atoms with E-state index in [1.165, 1.54) is 0 Å². The summed E-state index contributed by atoms with van der Waals surface area (Å²) in [5.74, 6) is -1.69. The molecule has 0 aromatic carbocycles. The molecule has 116 valence electrons. The number of nitrogens with zero attached hydrogens (tertiary/aromatic N) is 1. The van der Waals surface area contributed by atoms with Crippen LogP contribution in [-0.2, 0) is 19.2 Å². The molecule has 0 saturated carbocycles. The van der Waals surface area contributed by atoms with Crippen molar-refractivity contribution in [3.8, 4) is 0 Å². The van der Waals surface area contributed by atoms with Crippen LogP contribution in [0, 0.1) is 10.1 Å². The van der Waals surface area contributed by atoms with Crippen molar-refractivity contribution >= 4 is 11.9 Å². The van der Waals surface area contributed by atoms with E-state index in [0.29, 0.717) is 12.8 Å². The largest absolute Gasteiger partial charge is 0.480 e. The Kier molecular flexibility index (Phi) is 9.93. The van der Waals surface area contributed by atoms with Gasteiger partial charge in [0, 0.05) is 6.42 Å². The number of nitrogens with two attached hydrogens (primary N) is 1. The molecule has 0 aliphatic rings. The Hall–Kier alpha value is -1.90. The van der Waals surface area contributed by atoms with Crippen LogP contribution in [0.5, 0.6) is 0 Å². The van der Waals surface area contributed by atoms with Gasteiger partial charge < -0.3 is 20.4 Å². The second kappa shape index (κ2) is 11.0. The van der Waals surface area contributed by atoms with Crippen LogP contribution in [-0.4, -0.2) is 41.4 Å². The predicted octanol–water partition coefficient (Wildman–Crippen LogP) is 0.490. The average molecular weight is 292 g/mol. The number of carboxylic acid groups (broad SMARTS) is 1. The number of carboxylic acids is 1. The third-order valence-corrected chi connectivity index (χ3v) is 2.46. The molecule has 3 N–H and O–H groups in total. The molecule has 0 radical (unpaired) electrons. The maximum absolute atomic E-state index is 11.2. The van der Waals surface area contributed by atoms with Gasteiger partial charge in [-0.15, -0.1) is 10.1 Å². The summed E-state index contributed by atoms with van der Waals surface area (Å²) in [6.45, 7) is -0.242. The third-order valence-electron chi connectivity index (χ3n) is 2.46. The molecule has 0 spiro atoms. The zero-order valence-electron chi connectivity index (χ0n) is 11.2. The minimum absolute atomic E-state index is 0.0854. The highest BCUT2D eigenvalue weighted by Gasteiger charge is 2.13. The highest BCUT2D eigenvalue weighted by Crippen LogP contribution is 2.06. The topological polar surface area (TPSA) is 142 Å². The number of unbranched alkanes of at least 4 members (excludes halogenated alkanes) is 4. The summed E-state index contributed by atoms with van der Waals surface area (Å²) >= 11 is 0. The van der Waals surface area contributed by atoms with E-state index in [0.717, 1.165) is 19.3 Å². The summed E-state index contributed by atoms with van der Waals surface area (Å²) in [4.78, 5) is 35.6. The van der Waals surface area contributed by atoms with Crippen molar-refractivity contribution in [3.63, 3.8) is 0 Å². The predicted molar refractivity (Wildman–Crippen MR) is 67.2 cm³/mol. The lowest BCUT2D eigenvalue weighted by Gasteiger charge is -2.07. The van der Waals surface area contributed by atoms with Gasteiger partial charge in [-0.2, -0.15) is 0 Å². The molecule has 0 aromatic heterocycles. The number of carbonyl (C=O) groups is 2. The third kappa shape index (κ3) is 11.2. The number of hydrogen-bond acceptors (Lipinski definition) is 7. The molecule has 9 nitrogen and oxygen atoms in total. The van der Waals surface area contributed by atoms with Crippen LogP contribution in [0.1, 0.15) is 38.5 Å². The van der Waals surface area contributed by atoms with Gasteiger partial charge in [-0.05, 0) is 12.8 Å². The maximum atomic E-state index is 11.2. The van der Waals surface area contributed by atoms with Crippen molar-refractivity contribution in [2.75, 3.05) is 13.2 Å². The quantitative estimate of drug-likeness (QED) is 0.229. The molecule has 0 fully saturated rings. The van der Waals surface area contributed by atoms with Crippen LogP contribution in [0.15, 0.2) is 0 Å². The van der Waals surface area contributed by atoms with Gasteiger partial charge >= 0.3 is 11.9 Å². The van der Waals surface area contributed by atoms with E-state index in [9.17, 15) is 19.7 Å². The first kappa shape index (κ1) is 18.1. The van der Waals surface area contributed by atoms with Gasteiger partial charge in [0.2, 0.25) is 0 Å². The number of aliphatic carboxylic acids is 1. The highest BCUT2D eigenvalue weighted by atomic mass is 16.9. The van der Waals surface area contributed by atoms with Crippen molar-refractivity contribution in [2.24, 2.45) is 5.73 Å². The Bertz CT molecular complexity index is 322. The fourth-order valence-electron chi connectivity index (χ4n) is 1.37. The Morgan fingerprint density at radius 2 is 1.80 bits per heavy atom. The van der Waals surface area contributed by atoms with Crippen molar-refractivity contribution < 1.29 is 29.4 Å².